The molecule has 0 aromatic carbocycles. The van der Waals surface area contributed by atoms with E-state index in [1.807, 2.05) is 0 Å². The van der Waals surface area contributed by atoms with E-state index in [4.69, 9.17) is 14.2 Å². The molecule has 0 heterocycles. The van der Waals surface area contributed by atoms with Gasteiger partial charge in [-0.15, -0.1) is 0 Å². The van der Waals surface area contributed by atoms with Gasteiger partial charge < -0.3 is 14.2 Å². The maximum absolute atomic E-state index is 12.8. The second-order valence-electron chi connectivity index (χ2n) is 18.8. The molecule has 0 fully saturated rings. The SMILES string of the molecule is CC/C=C\C/C=C\C/C=C\C/C=C\CCCCCCCCC(=O)OCC(COC(=O)CCCCCCC/C=C\CCCCC)OC(=O)CCCCCCCCCCCCCCCCCCC. The lowest BCUT2D eigenvalue weighted by molar-refractivity contribution is -0.167. The molecule has 0 N–H and O–H groups in total. The first-order valence-corrected chi connectivity index (χ1v) is 28.3. The lowest BCUT2D eigenvalue weighted by atomic mass is 10.0. The van der Waals surface area contributed by atoms with Crippen LogP contribution in [0.1, 0.15) is 284 Å². The molecule has 1 unspecified atom stereocenters. The van der Waals surface area contributed by atoms with Gasteiger partial charge in [0.05, 0.1) is 0 Å². The molecule has 0 radical (unpaired) electrons. The van der Waals surface area contributed by atoms with Gasteiger partial charge in [-0.1, -0.05) is 242 Å². The number of ether oxygens (including phenoxy) is 3. The van der Waals surface area contributed by atoms with E-state index in [1.165, 1.54) is 148 Å². The second kappa shape index (κ2) is 54.7. The summed E-state index contributed by atoms with van der Waals surface area (Å²) in [6, 6.07) is 0. The summed E-state index contributed by atoms with van der Waals surface area (Å²) in [7, 11) is 0. The van der Waals surface area contributed by atoms with Crippen molar-refractivity contribution >= 4 is 17.9 Å². The molecule has 6 nitrogen and oxygen atoms in total. The van der Waals surface area contributed by atoms with Crippen molar-refractivity contribution in [3.8, 4) is 0 Å². The Labute approximate surface area is 409 Å². The van der Waals surface area contributed by atoms with Gasteiger partial charge in [0.25, 0.3) is 0 Å². The highest BCUT2D eigenvalue weighted by molar-refractivity contribution is 5.71. The van der Waals surface area contributed by atoms with Crippen molar-refractivity contribution in [1.82, 2.24) is 0 Å². The summed E-state index contributed by atoms with van der Waals surface area (Å²) in [6.45, 7) is 6.51. The molecule has 0 aliphatic rings. The summed E-state index contributed by atoms with van der Waals surface area (Å²) in [5.74, 6) is -0.892. The van der Waals surface area contributed by atoms with Crippen molar-refractivity contribution in [2.45, 2.75) is 290 Å². The first-order chi connectivity index (χ1) is 32.5. The van der Waals surface area contributed by atoms with Gasteiger partial charge in [-0.25, -0.2) is 0 Å². The largest absolute Gasteiger partial charge is 0.462 e. The summed E-state index contributed by atoms with van der Waals surface area (Å²) in [5.41, 5.74) is 0. The molecule has 1 atom stereocenters. The molecular formula is C60H106O6. The molecule has 6 heteroatoms. The summed E-state index contributed by atoms with van der Waals surface area (Å²) >= 11 is 0. The zero-order chi connectivity index (χ0) is 47.9. The standard InChI is InChI=1S/C60H106O6/c1-4-7-10-13-16-19-22-25-27-29-30-32-33-35-38-41-44-47-50-53-59(62)65-56-57(55-64-58(61)52-49-46-43-40-37-24-21-18-15-12-9-6-3)66-60(63)54-51-48-45-42-39-36-34-31-28-26-23-20-17-14-11-8-5-2/h7,10,16,18-19,21,25,27,30,32,57H,4-6,8-9,11-15,17,20,22-24,26,28-29,31,33-56H2,1-3H3/b10-7-,19-16-,21-18-,27-25-,32-30-. The van der Waals surface area contributed by atoms with E-state index in [2.05, 4.69) is 81.5 Å². The summed E-state index contributed by atoms with van der Waals surface area (Å²) in [5, 5.41) is 0. The van der Waals surface area contributed by atoms with Crippen LogP contribution in [0.4, 0.5) is 0 Å². The number of carbonyl (C=O) groups is 3. The fourth-order valence-electron chi connectivity index (χ4n) is 8.02. The Morgan fingerprint density at radius 2 is 0.591 bits per heavy atom. The molecular weight excluding hydrogens is 817 g/mol. The average molecular weight is 924 g/mol. The first-order valence-electron chi connectivity index (χ1n) is 28.3. The third-order valence-electron chi connectivity index (χ3n) is 12.3. The quantitative estimate of drug-likeness (QED) is 0.0262. The van der Waals surface area contributed by atoms with E-state index in [9.17, 15) is 14.4 Å². The highest BCUT2D eigenvalue weighted by atomic mass is 16.6. The van der Waals surface area contributed by atoms with Crippen LogP contribution in [0, 0.1) is 0 Å². The van der Waals surface area contributed by atoms with Crippen molar-refractivity contribution in [1.29, 1.82) is 0 Å². The Balaban J connectivity index is 4.36. The molecule has 0 aromatic heterocycles. The maximum Gasteiger partial charge on any atom is 0.306 e. The van der Waals surface area contributed by atoms with E-state index in [0.29, 0.717) is 19.3 Å². The van der Waals surface area contributed by atoms with Crippen LogP contribution in [0.15, 0.2) is 60.8 Å². The van der Waals surface area contributed by atoms with Crippen molar-refractivity contribution in [2.24, 2.45) is 0 Å². The van der Waals surface area contributed by atoms with E-state index >= 15 is 0 Å². The van der Waals surface area contributed by atoms with Crippen LogP contribution in [-0.2, 0) is 28.6 Å². The molecule has 0 aliphatic carbocycles. The van der Waals surface area contributed by atoms with Crippen molar-refractivity contribution in [3.63, 3.8) is 0 Å². The minimum Gasteiger partial charge on any atom is -0.462 e. The van der Waals surface area contributed by atoms with Gasteiger partial charge in [-0.2, -0.15) is 0 Å². The van der Waals surface area contributed by atoms with Gasteiger partial charge in [0, 0.05) is 19.3 Å². The van der Waals surface area contributed by atoms with Crippen molar-refractivity contribution in [3.05, 3.63) is 60.8 Å². The monoisotopic (exact) mass is 923 g/mol. The van der Waals surface area contributed by atoms with Crippen molar-refractivity contribution < 1.29 is 28.6 Å². The summed E-state index contributed by atoms with van der Waals surface area (Å²) < 4.78 is 16.8. The fourth-order valence-corrected chi connectivity index (χ4v) is 8.02. The Kier molecular flexibility index (Phi) is 52.3. The van der Waals surface area contributed by atoms with Gasteiger partial charge in [0.1, 0.15) is 13.2 Å². The smallest absolute Gasteiger partial charge is 0.306 e. The Morgan fingerprint density at radius 3 is 0.970 bits per heavy atom. The van der Waals surface area contributed by atoms with Gasteiger partial charge in [-0.3, -0.25) is 14.4 Å². The molecule has 66 heavy (non-hydrogen) atoms. The lowest BCUT2D eigenvalue weighted by Gasteiger charge is -2.18. The molecule has 0 rings (SSSR count). The van der Waals surface area contributed by atoms with Crippen LogP contribution >= 0.6 is 0 Å². The van der Waals surface area contributed by atoms with Crippen LogP contribution in [-0.4, -0.2) is 37.2 Å². The van der Waals surface area contributed by atoms with Crippen molar-refractivity contribution in [2.75, 3.05) is 13.2 Å². The van der Waals surface area contributed by atoms with Crippen LogP contribution in [0.5, 0.6) is 0 Å². The number of esters is 3. The van der Waals surface area contributed by atoms with Crippen LogP contribution in [0.25, 0.3) is 0 Å². The zero-order valence-electron chi connectivity index (χ0n) is 43.7. The number of allylic oxidation sites excluding steroid dienone is 10. The lowest BCUT2D eigenvalue weighted by Crippen LogP contribution is -2.30. The van der Waals surface area contributed by atoms with Gasteiger partial charge in [0.15, 0.2) is 6.10 Å². The Hall–Kier alpha value is -2.89. The maximum atomic E-state index is 12.8. The zero-order valence-corrected chi connectivity index (χ0v) is 43.7. The molecule has 0 aliphatic heterocycles. The van der Waals surface area contributed by atoms with Gasteiger partial charge >= 0.3 is 17.9 Å². The highest BCUT2D eigenvalue weighted by Gasteiger charge is 2.19. The van der Waals surface area contributed by atoms with E-state index in [0.717, 1.165) is 96.3 Å². The molecule has 0 aromatic rings. The predicted molar refractivity (Wildman–Crippen MR) is 284 cm³/mol. The first kappa shape index (κ1) is 63.1. The topological polar surface area (TPSA) is 78.9 Å². The Morgan fingerprint density at radius 1 is 0.318 bits per heavy atom. The molecule has 0 bridgehead atoms. The number of rotatable bonds is 51. The fraction of sp³-hybridized carbons (Fsp3) is 0.783. The summed E-state index contributed by atoms with van der Waals surface area (Å²) in [4.78, 5) is 38.1. The minimum absolute atomic E-state index is 0.0809. The third kappa shape index (κ3) is 52.1. The highest BCUT2D eigenvalue weighted by Crippen LogP contribution is 2.16. The minimum atomic E-state index is -0.781. The van der Waals surface area contributed by atoms with Crippen LogP contribution in [0.3, 0.4) is 0 Å². The van der Waals surface area contributed by atoms with Crippen LogP contribution < -0.4 is 0 Å². The molecule has 0 amide bonds. The third-order valence-corrected chi connectivity index (χ3v) is 12.3. The normalized spacial score (nSPS) is 12.5. The number of carbonyl (C=O) groups excluding carboxylic acids is 3. The Bertz CT molecular complexity index is 1200. The van der Waals surface area contributed by atoms with Gasteiger partial charge in [-0.05, 0) is 83.5 Å². The molecule has 0 saturated carbocycles. The number of unbranched alkanes of at least 4 members (excludes halogenated alkanes) is 30. The molecule has 382 valence electrons. The van der Waals surface area contributed by atoms with Crippen LogP contribution in [0.2, 0.25) is 0 Å². The second-order valence-corrected chi connectivity index (χ2v) is 18.8. The molecule has 0 spiro atoms. The van der Waals surface area contributed by atoms with E-state index in [-0.39, 0.29) is 31.1 Å². The summed E-state index contributed by atoms with van der Waals surface area (Å²) in [6.07, 6.45) is 67.8. The van der Waals surface area contributed by atoms with E-state index < -0.39 is 6.10 Å². The number of hydrogen-bond acceptors (Lipinski definition) is 6. The number of hydrogen-bond donors (Lipinski definition) is 0. The average Bonchev–Trinajstić information content (AvgIpc) is 3.31. The predicted octanol–water partition coefficient (Wildman–Crippen LogP) is 18.8. The van der Waals surface area contributed by atoms with E-state index in [1.54, 1.807) is 0 Å². The molecule has 0 saturated heterocycles. The van der Waals surface area contributed by atoms with Gasteiger partial charge in [0.2, 0.25) is 0 Å².